The van der Waals surface area contributed by atoms with E-state index in [0.717, 1.165) is 56.7 Å². The lowest BCUT2D eigenvalue weighted by atomic mass is 10.1. The Morgan fingerprint density at radius 1 is 0.469 bits per heavy atom. The number of benzene rings is 3. The topological polar surface area (TPSA) is 61.9 Å². The van der Waals surface area contributed by atoms with Crippen LogP contribution in [0.15, 0.2) is 97.1 Å². The number of para-hydroxylation sites is 4. The van der Waals surface area contributed by atoms with Gasteiger partial charge in [0, 0.05) is 11.4 Å². The van der Waals surface area contributed by atoms with Crippen LogP contribution in [0.25, 0.3) is 33.9 Å². The molecule has 0 bridgehead atoms. The summed E-state index contributed by atoms with van der Waals surface area (Å²) in [7, 11) is 0. The van der Waals surface area contributed by atoms with E-state index in [-0.39, 0.29) is 0 Å². The van der Waals surface area contributed by atoms with Crippen molar-refractivity contribution in [1.29, 1.82) is 0 Å². The molecule has 0 saturated carbocycles. The Bertz CT molecular complexity index is 1300. The molecule has 0 amide bonds. The Hall–Kier alpha value is -4.18. The maximum atomic E-state index is 6.28. The summed E-state index contributed by atoms with van der Waals surface area (Å²) in [4.78, 5) is 0. The minimum atomic E-state index is 0.762. The van der Waals surface area contributed by atoms with E-state index in [2.05, 4.69) is 83.6 Å². The molecule has 5 rings (SSSR count). The normalized spacial score (nSPS) is 11.1. The number of hydrogen-bond acceptors (Lipinski definition) is 2. The molecule has 2 heterocycles. The summed E-state index contributed by atoms with van der Waals surface area (Å²) in [5.41, 5.74) is 22.9. The molecule has 4 nitrogen and oxygen atoms in total. The molecule has 4 heteroatoms. The minimum absolute atomic E-state index is 0.762. The summed E-state index contributed by atoms with van der Waals surface area (Å²) in [6.07, 6.45) is 0. The fourth-order valence-electron chi connectivity index (χ4n) is 4.36. The average Bonchev–Trinajstić information content (AvgIpc) is 3.37. The average molecular weight is 419 g/mol. The highest BCUT2D eigenvalue weighted by Crippen LogP contribution is 2.33. The van der Waals surface area contributed by atoms with Gasteiger partial charge in [-0.05, 0) is 73.5 Å². The van der Waals surface area contributed by atoms with E-state index < -0.39 is 0 Å². The maximum absolute atomic E-state index is 6.28. The fraction of sp³-hybridized carbons (Fsp3) is 0.0714. The smallest absolute Gasteiger partial charge is 0.0688 e. The van der Waals surface area contributed by atoms with Crippen molar-refractivity contribution in [3.05, 3.63) is 108 Å². The monoisotopic (exact) mass is 418 g/mol. The standard InChI is InChI=1S/C28H26N4/c1-19-11-17-25(31(19)27-9-5-3-7-23(27)29)21-13-15-22(16-14-21)26-18-12-20(2)32(26)28-10-6-4-8-24(28)30/h3-18H,29-30H2,1-2H3. The van der Waals surface area contributed by atoms with E-state index in [4.69, 9.17) is 11.5 Å². The van der Waals surface area contributed by atoms with Gasteiger partial charge in [-0.2, -0.15) is 0 Å². The van der Waals surface area contributed by atoms with E-state index in [9.17, 15) is 0 Å². The molecule has 3 aromatic carbocycles. The third-order valence-electron chi connectivity index (χ3n) is 5.98. The first-order valence-corrected chi connectivity index (χ1v) is 10.7. The van der Waals surface area contributed by atoms with E-state index in [0.29, 0.717) is 0 Å². The van der Waals surface area contributed by atoms with E-state index in [1.165, 1.54) is 0 Å². The second-order valence-corrected chi connectivity index (χ2v) is 8.09. The molecule has 2 aromatic heterocycles. The van der Waals surface area contributed by atoms with Crippen LogP contribution >= 0.6 is 0 Å². The lowest BCUT2D eigenvalue weighted by Gasteiger charge is -2.16. The Labute approximate surface area is 188 Å². The number of aryl methyl sites for hydroxylation is 2. The van der Waals surface area contributed by atoms with Crippen molar-refractivity contribution in [3.8, 4) is 33.9 Å². The third-order valence-corrected chi connectivity index (χ3v) is 5.98. The summed E-state index contributed by atoms with van der Waals surface area (Å²) in [6, 6.07) is 33.2. The van der Waals surface area contributed by atoms with E-state index in [1.54, 1.807) is 0 Å². The maximum Gasteiger partial charge on any atom is 0.0688 e. The van der Waals surface area contributed by atoms with Crippen molar-refractivity contribution >= 4 is 11.4 Å². The molecule has 0 radical (unpaired) electrons. The van der Waals surface area contributed by atoms with Crippen molar-refractivity contribution < 1.29 is 0 Å². The molecule has 0 unspecified atom stereocenters. The minimum Gasteiger partial charge on any atom is -0.397 e. The first-order valence-electron chi connectivity index (χ1n) is 10.7. The van der Waals surface area contributed by atoms with Crippen LogP contribution in [-0.4, -0.2) is 9.13 Å². The van der Waals surface area contributed by atoms with Crippen LogP contribution in [0.3, 0.4) is 0 Å². The second-order valence-electron chi connectivity index (χ2n) is 8.09. The summed E-state index contributed by atoms with van der Waals surface area (Å²) >= 11 is 0. The van der Waals surface area contributed by atoms with Gasteiger partial charge < -0.3 is 20.6 Å². The summed E-state index contributed by atoms with van der Waals surface area (Å²) < 4.78 is 4.42. The molecule has 32 heavy (non-hydrogen) atoms. The van der Waals surface area contributed by atoms with Gasteiger partial charge in [0.2, 0.25) is 0 Å². The van der Waals surface area contributed by atoms with Crippen LogP contribution in [-0.2, 0) is 0 Å². The van der Waals surface area contributed by atoms with Crippen molar-refractivity contribution in [2.45, 2.75) is 13.8 Å². The molecule has 0 fully saturated rings. The number of aromatic nitrogens is 2. The largest absolute Gasteiger partial charge is 0.397 e. The van der Waals surface area contributed by atoms with Gasteiger partial charge in [-0.15, -0.1) is 0 Å². The lowest BCUT2D eigenvalue weighted by Crippen LogP contribution is -2.03. The van der Waals surface area contributed by atoms with Crippen LogP contribution in [0.5, 0.6) is 0 Å². The zero-order valence-corrected chi connectivity index (χ0v) is 18.3. The quantitative estimate of drug-likeness (QED) is 0.333. The van der Waals surface area contributed by atoms with Crippen LogP contribution in [0, 0.1) is 13.8 Å². The van der Waals surface area contributed by atoms with Crippen LogP contribution in [0.1, 0.15) is 11.4 Å². The first kappa shape index (κ1) is 19.8. The zero-order valence-electron chi connectivity index (χ0n) is 18.3. The lowest BCUT2D eigenvalue weighted by molar-refractivity contribution is 1.02. The third kappa shape index (κ3) is 3.26. The fourth-order valence-corrected chi connectivity index (χ4v) is 4.36. The van der Waals surface area contributed by atoms with Gasteiger partial charge in [-0.25, -0.2) is 0 Å². The number of anilines is 2. The highest BCUT2D eigenvalue weighted by molar-refractivity contribution is 5.73. The van der Waals surface area contributed by atoms with Gasteiger partial charge in [0.25, 0.3) is 0 Å². The molecule has 5 aromatic rings. The van der Waals surface area contributed by atoms with Crippen molar-refractivity contribution in [3.63, 3.8) is 0 Å². The van der Waals surface area contributed by atoms with E-state index in [1.807, 2.05) is 36.4 Å². The molecule has 0 atom stereocenters. The Kier molecular flexibility index (Phi) is 4.83. The highest BCUT2D eigenvalue weighted by Gasteiger charge is 2.14. The van der Waals surface area contributed by atoms with Crippen LogP contribution < -0.4 is 11.5 Å². The molecule has 0 aliphatic carbocycles. The number of rotatable bonds is 4. The van der Waals surface area contributed by atoms with Crippen molar-refractivity contribution in [2.75, 3.05) is 11.5 Å². The van der Waals surface area contributed by atoms with Crippen molar-refractivity contribution in [1.82, 2.24) is 9.13 Å². The Morgan fingerprint density at radius 2 is 0.844 bits per heavy atom. The number of nitrogen functional groups attached to an aromatic ring is 2. The summed E-state index contributed by atoms with van der Waals surface area (Å²) in [6.45, 7) is 4.20. The Balaban J connectivity index is 1.57. The first-order chi connectivity index (χ1) is 15.5. The molecule has 0 spiro atoms. The Morgan fingerprint density at radius 3 is 1.22 bits per heavy atom. The number of nitrogens with two attached hydrogens (primary N) is 2. The van der Waals surface area contributed by atoms with Gasteiger partial charge in [0.05, 0.1) is 34.1 Å². The predicted molar refractivity (Wildman–Crippen MR) is 134 cm³/mol. The number of nitrogens with zero attached hydrogens (tertiary/aromatic N) is 2. The van der Waals surface area contributed by atoms with Gasteiger partial charge in [-0.1, -0.05) is 48.5 Å². The van der Waals surface area contributed by atoms with Gasteiger partial charge >= 0.3 is 0 Å². The van der Waals surface area contributed by atoms with Crippen LogP contribution in [0.2, 0.25) is 0 Å². The highest BCUT2D eigenvalue weighted by atomic mass is 15.0. The summed E-state index contributed by atoms with van der Waals surface area (Å²) in [5.74, 6) is 0. The van der Waals surface area contributed by atoms with Gasteiger partial charge in [-0.3, -0.25) is 0 Å². The molecule has 4 N–H and O–H groups in total. The molecule has 158 valence electrons. The number of hydrogen-bond donors (Lipinski definition) is 2. The van der Waals surface area contributed by atoms with Gasteiger partial charge in [0.15, 0.2) is 0 Å². The second kappa shape index (κ2) is 7.82. The zero-order chi connectivity index (χ0) is 22.2. The van der Waals surface area contributed by atoms with Crippen LogP contribution in [0.4, 0.5) is 11.4 Å². The van der Waals surface area contributed by atoms with E-state index >= 15 is 0 Å². The van der Waals surface area contributed by atoms with Gasteiger partial charge in [0.1, 0.15) is 0 Å². The SMILES string of the molecule is Cc1ccc(-c2ccc(-c3ccc(C)n3-c3ccccc3N)cc2)n1-c1ccccc1N. The molecule has 0 aliphatic rings. The molecule has 0 saturated heterocycles. The molecular weight excluding hydrogens is 392 g/mol. The van der Waals surface area contributed by atoms with Crippen molar-refractivity contribution in [2.24, 2.45) is 0 Å². The predicted octanol–water partition coefficient (Wildman–Crippen LogP) is 6.38. The summed E-state index contributed by atoms with van der Waals surface area (Å²) in [5, 5.41) is 0. The molecule has 0 aliphatic heterocycles. The molecular formula is C28H26N4.